The molecule has 20 heavy (non-hydrogen) atoms. The van der Waals surface area contributed by atoms with Crippen molar-refractivity contribution in [2.24, 2.45) is 0 Å². The second-order valence-electron chi connectivity index (χ2n) is 4.34. The summed E-state index contributed by atoms with van der Waals surface area (Å²) in [6.45, 7) is 0.482. The predicted molar refractivity (Wildman–Crippen MR) is 81.8 cm³/mol. The smallest absolute Gasteiger partial charge is 0.258 e. The van der Waals surface area contributed by atoms with E-state index in [1.165, 1.54) is 6.26 Å². The van der Waals surface area contributed by atoms with Crippen LogP contribution in [0.5, 0.6) is 0 Å². The molecule has 2 aromatic heterocycles. The molecule has 0 atom stereocenters. The van der Waals surface area contributed by atoms with Gasteiger partial charge < -0.3 is 9.32 Å². The number of carbonyl (C=O) groups is 1. The number of amides is 1. The van der Waals surface area contributed by atoms with Gasteiger partial charge in [-0.05, 0) is 34.1 Å². The van der Waals surface area contributed by atoms with Crippen LogP contribution in [-0.2, 0) is 6.54 Å². The fraction of sp³-hybridized carbons (Fsp3) is 0.143. The zero-order valence-corrected chi connectivity index (χ0v) is 13.1. The van der Waals surface area contributed by atoms with Crippen LogP contribution < -0.4 is 0 Å². The van der Waals surface area contributed by atoms with Gasteiger partial charge in [0.2, 0.25) is 0 Å². The van der Waals surface area contributed by atoms with E-state index in [1.807, 2.05) is 24.3 Å². The van der Waals surface area contributed by atoms with Gasteiger partial charge in [0.05, 0.1) is 28.6 Å². The number of halogens is 1. The molecule has 1 amide bonds. The third-order valence-corrected chi connectivity index (χ3v) is 4.54. The van der Waals surface area contributed by atoms with Gasteiger partial charge in [-0.25, -0.2) is 4.98 Å². The Hall–Kier alpha value is -1.66. The Morgan fingerprint density at radius 3 is 2.90 bits per heavy atom. The molecular weight excluding hydrogens is 340 g/mol. The maximum absolute atomic E-state index is 12.3. The summed E-state index contributed by atoms with van der Waals surface area (Å²) in [6, 6.07) is 9.61. The summed E-state index contributed by atoms with van der Waals surface area (Å²) in [5, 5.41) is 0.918. The number of carbonyl (C=O) groups excluding carboxylic acids is 1. The molecule has 0 fully saturated rings. The molecule has 6 heteroatoms. The second-order valence-corrected chi connectivity index (χ2v) is 6.18. The average Bonchev–Trinajstić information content (AvgIpc) is 3.03. The van der Waals surface area contributed by atoms with E-state index in [2.05, 4.69) is 20.9 Å². The van der Waals surface area contributed by atoms with E-state index in [-0.39, 0.29) is 5.91 Å². The summed E-state index contributed by atoms with van der Waals surface area (Å²) < 4.78 is 6.68. The predicted octanol–water partition coefficient (Wildman–Crippen LogP) is 3.92. The lowest BCUT2D eigenvalue weighted by atomic mass is 10.3. The molecule has 0 spiro atoms. The Balaban J connectivity index is 1.80. The largest absolute Gasteiger partial charge is 0.457 e. The number of aromatic nitrogens is 1. The maximum Gasteiger partial charge on any atom is 0.258 e. The summed E-state index contributed by atoms with van der Waals surface area (Å²) in [4.78, 5) is 18.4. The molecule has 0 saturated heterocycles. The molecule has 3 aromatic rings. The van der Waals surface area contributed by atoms with E-state index in [1.54, 1.807) is 29.4 Å². The van der Waals surface area contributed by atoms with Crippen LogP contribution in [-0.4, -0.2) is 22.8 Å². The number of rotatable bonds is 3. The monoisotopic (exact) mass is 350 g/mol. The average molecular weight is 351 g/mol. The van der Waals surface area contributed by atoms with Gasteiger partial charge in [-0.15, -0.1) is 11.3 Å². The van der Waals surface area contributed by atoms with Crippen LogP contribution in [0.1, 0.15) is 15.4 Å². The van der Waals surface area contributed by atoms with Crippen LogP contribution in [0.15, 0.2) is 45.7 Å². The fourth-order valence-electron chi connectivity index (χ4n) is 1.91. The summed E-state index contributed by atoms with van der Waals surface area (Å²) in [6.07, 6.45) is 1.49. The highest BCUT2D eigenvalue weighted by atomic mass is 79.9. The van der Waals surface area contributed by atoms with E-state index < -0.39 is 0 Å². The zero-order valence-electron chi connectivity index (χ0n) is 10.7. The lowest BCUT2D eigenvalue weighted by molar-refractivity contribution is 0.0783. The minimum absolute atomic E-state index is 0.0927. The van der Waals surface area contributed by atoms with Gasteiger partial charge in [-0.2, -0.15) is 0 Å². The molecule has 0 unspecified atom stereocenters. The molecule has 1 aromatic carbocycles. The van der Waals surface area contributed by atoms with Crippen molar-refractivity contribution in [1.29, 1.82) is 0 Å². The molecule has 102 valence electrons. The van der Waals surface area contributed by atoms with Crippen molar-refractivity contribution >= 4 is 43.4 Å². The molecule has 0 radical (unpaired) electrons. The number of fused-ring (bicyclic) bond motifs is 1. The Morgan fingerprint density at radius 1 is 1.40 bits per heavy atom. The fourth-order valence-corrected chi connectivity index (χ4v) is 3.34. The van der Waals surface area contributed by atoms with Crippen LogP contribution in [0.25, 0.3) is 10.2 Å². The van der Waals surface area contributed by atoms with Crippen molar-refractivity contribution in [2.45, 2.75) is 6.54 Å². The number of furan rings is 1. The molecule has 2 heterocycles. The van der Waals surface area contributed by atoms with Crippen LogP contribution in [0.4, 0.5) is 0 Å². The maximum atomic E-state index is 12.3. The van der Waals surface area contributed by atoms with Gasteiger partial charge in [0.1, 0.15) is 5.01 Å². The van der Waals surface area contributed by atoms with Gasteiger partial charge in [0.25, 0.3) is 5.91 Å². The highest BCUT2D eigenvalue weighted by Crippen LogP contribution is 2.24. The molecule has 0 aliphatic heterocycles. The summed E-state index contributed by atoms with van der Waals surface area (Å²) >= 11 is 4.83. The molecule has 0 bridgehead atoms. The van der Waals surface area contributed by atoms with Gasteiger partial charge in [-0.3, -0.25) is 4.79 Å². The van der Waals surface area contributed by atoms with Gasteiger partial charge in [0, 0.05) is 7.05 Å². The number of thiazole rings is 1. The molecule has 4 nitrogen and oxygen atoms in total. The van der Waals surface area contributed by atoms with Crippen LogP contribution in [0, 0.1) is 0 Å². The minimum Gasteiger partial charge on any atom is -0.457 e. The zero-order chi connectivity index (χ0) is 14.1. The first kappa shape index (κ1) is 13.3. The Bertz CT molecular complexity index is 732. The molecule has 0 saturated carbocycles. The Kier molecular flexibility index (Phi) is 3.58. The minimum atomic E-state index is -0.0927. The number of para-hydroxylation sites is 1. The molecule has 0 aliphatic carbocycles. The standard InChI is InChI=1S/C14H11BrN2O2S/c1-17(14(18)9-6-7-19-13(9)15)8-12-16-10-4-2-3-5-11(10)20-12/h2-7H,8H2,1H3. The quantitative estimate of drug-likeness (QED) is 0.718. The van der Waals surface area contributed by atoms with Crippen molar-refractivity contribution in [3.05, 3.63) is 51.8 Å². The summed E-state index contributed by atoms with van der Waals surface area (Å²) in [5.74, 6) is -0.0927. The lowest BCUT2D eigenvalue weighted by Crippen LogP contribution is -2.26. The molecule has 0 N–H and O–H groups in total. The number of nitrogens with zero attached hydrogens (tertiary/aromatic N) is 2. The van der Waals surface area contributed by atoms with Crippen molar-refractivity contribution in [3.63, 3.8) is 0 Å². The van der Waals surface area contributed by atoms with E-state index in [0.29, 0.717) is 16.8 Å². The SMILES string of the molecule is CN(Cc1nc2ccccc2s1)C(=O)c1ccoc1Br. The summed E-state index contributed by atoms with van der Waals surface area (Å²) in [5.41, 5.74) is 1.49. The van der Waals surface area contributed by atoms with E-state index in [9.17, 15) is 4.79 Å². The first-order chi connectivity index (χ1) is 9.65. The molecule has 3 rings (SSSR count). The number of hydrogen-bond donors (Lipinski definition) is 0. The van der Waals surface area contributed by atoms with Gasteiger partial charge >= 0.3 is 0 Å². The van der Waals surface area contributed by atoms with Crippen molar-refractivity contribution in [2.75, 3.05) is 7.05 Å². The van der Waals surface area contributed by atoms with Crippen LogP contribution in [0.3, 0.4) is 0 Å². The third kappa shape index (κ3) is 2.48. The van der Waals surface area contributed by atoms with Crippen molar-refractivity contribution in [1.82, 2.24) is 9.88 Å². The van der Waals surface area contributed by atoms with E-state index >= 15 is 0 Å². The topological polar surface area (TPSA) is 46.3 Å². The molecule has 0 aliphatic rings. The highest BCUT2D eigenvalue weighted by molar-refractivity contribution is 9.10. The Labute approximate surface area is 128 Å². The highest BCUT2D eigenvalue weighted by Gasteiger charge is 2.18. The van der Waals surface area contributed by atoms with E-state index in [4.69, 9.17) is 4.42 Å². The summed E-state index contributed by atoms with van der Waals surface area (Å²) in [7, 11) is 1.76. The Morgan fingerprint density at radius 2 is 2.20 bits per heavy atom. The van der Waals surface area contributed by atoms with Crippen molar-refractivity contribution in [3.8, 4) is 0 Å². The normalized spacial score (nSPS) is 10.9. The van der Waals surface area contributed by atoms with Crippen molar-refractivity contribution < 1.29 is 9.21 Å². The van der Waals surface area contributed by atoms with Gasteiger partial charge in [-0.1, -0.05) is 12.1 Å². The first-order valence-electron chi connectivity index (χ1n) is 5.98. The third-order valence-electron chi connectivity index (χ3n) is 2.91. The molecular formula is C14H11BrN2O2S. The van der Waals surface area contributed by atoms with Crippen LogP contribution >= 0.6 is 27.3 Å². The second kappa shape index (κ2) is 5.38. The van der Waals surface area contributed by atoms with Crippen LogP contribution in [0.2, 0.25) is 0 Å². The van der Waals surface area contributed by atoms with Gasteiger partial charge in [0.15, 0.2) is 4.67 Å². The van der Waals surface area contributed by atoms with E-state index in [0.717, 1.165) is 15.2 Å². The number of benzene rings is 1. The lowest BCUT2D eigenvalue weighted by Gasteiger charge is -2.14. The number of hydrogen-bond acceptors (Lipinski definition) is 4. The first-order valence-corrected chi connectivity index (χ1v) is 7.59.